The predicted molar refractivity (Wildman–Crippen MR) is 97.7 cm³/mol. The zero-order valence-electron chi connectivity index (χ0n) is 14.2. The van der Waals surface area contributed by atoms with E-state index in [1.807, 2.05) is 6.92 Å². The number of sulfonamides is 1. The number of rotatable bonds is 7. The molecule has 0 bridgehead atoms. The number of carbonyl (C=O) groups is 2. The molecule has 0 aliphatic rings. The van der Waals surface area contributed by atoms with Crippen molar-refractivity contribution in [2.45, 2.75) is 24.8 Å². The van der Waals surface area contributed by atoms with Crippen LogP contribution < -0.4 is 4.72 Å². The molecule has 0 aromatic heterocycles. The fourth-order valence-corrected chi connectivity index (χ4v) is 3.19. The van der Waals surface area contributed by atoms with Gasteiger partial charge in [-0.2, -0.15) is 4.72 Å². The number of hydrogen-bond acceptors (Lipinski definition) is 5. The maximum atomic E-state index is 12.2. The number of hydrogen-bond donors (Lipinski definition) is 1. The van der Waals surface area contributed by atoms with Gasteiger partial charge in [0, 0.05) is 10.6 Å². The summed E-state index contributed by atoms with van der Waals surface area (Å²) in [6.07, 6.45) is -1.05. The number of benzene rings is 2. The van der Waals surface area contributed by atoms with Crippen LogP contribution in [0, 0.1) is 6.92 Å². The Hall–Kier alpha value is -2.22. The van der Waals surface area contributed by atoms with Crippen LogP contribution in [-0.4, -0.2) is 32.8 Å². The van der Waals surface area contributed by atoms with E-state index < -0.39 is 34.4 Å². The Morgan fingerprint density at radius 3 is 2.23 bits per heavy atom. The van der Waals surface area contributed by atoms with Gasteiger partial charge in [0.15, 0.2) is 6.10 Å². The van der Waals surface area contributed by atoms with E-state index in [4.69, 9.17) is 16.3 Å². The molecule has 2 aromatic carbocycles. The first-order chi connectivity index (χ1) is 12.2. The maximum absolute atomic E-state index is 12.2. The maximum Gasteiger partial charge on any atom is 0.321 e. The Morgan fingerprint density at radius 1 is 1.08 bits per heavy atom. The molecule has 138 valence electrons. The molecule has 0 aliphatic heterocycles. The summed E-state index contributed by atoms with van der Waals surface area (Å²) in [5.74, 6) is -1.26. The Bertz CT molecular complexity index is 892. The summed E-state index contributed by atoms with van der Waals surface area (Å²) in [6, 6.07) is 12.3. The fraction of sp³-hybridized carbons (Fsp3) is 0.222. The highest BCUT2D eigenvalue weighted by Crippen LogP contribution is 2.13. The van der Waals surface area contributed by atoms with E-state index in [9.17, 15) is 18.0 Å². The van der Waals surface area contributed by atoms with E-state index in [-0.39, 0.29) is 4.90 Å². The lowest BCUT2D eigenvalue weighted by atomic mass is 10.1. The molecule has 2 aromatic rings. The topological polar surface area (TPSA) is 89.5 Å². The quantitative estimate of drug-likeness (QED) is 0.575. The second-order valence-electron chi connectivity index (χ2n) is 5.64. The third-order valence-corrected chi connectivity index (χ3v) is 5.21. The first-order valence-electron chi connectivity index (χ1n) is 7.74. The van der Waals surface area contributed by atoms with Gasteiger partial charge in [0.2, 0.25) is 15.8 Å². The van der Waals surface area contributed by atoms with Crippen LogP contribution in [0.4, 0.5) is 0 Å². The van der Waals surface area contributed by atoms with Gasteiger partial charge in [-0.05, 0) is 50.2 Å². The van der Waals surface area contributed by atoms with Crippen molar-refractivity contribution in [2.24, 2.45) is 0 Å². The standard InChI is InChI=1S/C18H18ClNO5S/c1-12-3-9-16(10-4-12)26(23,24)20-11-17(21)25-13(2)18(22)14-5-7-15(19)8-6-14/h3-10,13,20H,11H2,1-2H3/t13-/m1/s1. The molecule has 26 heavy (non-hydrogen) atoms. The molecule has 0 spiro atoms. The van der Waals surface area contributed by atoms with Gasteiger partial charge in [0.05, 0.1) is 4.90 Å². The second-order valence-corrected chi connectivity index (χ2v) is 7.84. The highest BCUT2D eigenvalue weighted by Gasteiger charge is 2.21. The minimum absolute atomic E-state index is 0.0428. The van der Waals surface area contributed by atoms with E-state index in [1.165, 1.54) is 31.2 Å². The van der Waals surface area contributed by atoms with Crippen LogP contribution >= 0.6 is 11.6 Å². The smallest absolute Gasteiger partial charge is 0.321 e. The molecular formula is C18H18ClNO5S. The van der Waals surface area contributed by atoms with Gasteiger partial charge < -0.3 is 4.74 Å². The van der Waals surface area contributed by atoms with Crippen molar-refractivity contribution < 1.29 is 22.7 Å². The van der Waals surface area contributed by atoms with Crippen LogP contribution in [0.25, 0.3) is 0 Å². The molecule has 0 saturated heterocycles. The van der Waals surface area contributed by atoms with Crippen molar-refractivity contribution >= 4 is 33.4 Å². The van der Waals surface area contributed by atoms with Gasteiger partial charge >= 0.3 is 5.97 Å². The summed E-state index contributed by atoms with van der Waals surface area (Å²) in [7, 11) is -3.84. The van der Waals surface area contributed by atoms with Crippen LogP contribution in [0.3, 0.4) is 0 Å². The van der Waals surface area contributed by atoms with Gasteiger partial charge in [-0.25, -0.2) is 8.42 Å². The molecule has 0 amide bonds. The highest BCUT2D eigenvalue weighted by atomic mass is 35.5. The molecule has 0 radical (unpaired) electrons. The second kappa shape index (κ2) is 8.44. The summed E-state index contributed by atoms with van der Waals surface area (Å²) < 4.78 is 31.4. The van der Waals surface area contributed by atoms with E-state index in [1.54, 1.807) is 24.3 Å². The van der Waals surface area contributed by atoms with Gasteiger partial charge in [0.1, 0.15) is 6.54 Å². The van der Waals surface area contributed by atoms with Crippen molar-refractivity contribution in [3.8, 4) is 0 Å². The van der Waals surface area contributed by atoms with Gasteiger partial charge in [-0.3, -0.25) is 9.59 Å². The lowest BCUT2D eigenvalue weighted by Crippen LogP contribution is -2.34. The average molecular weight is 396 g/mol. The van der Waals surface area contributed by atoms with Crippen molar-refractivity contribution in [1.29, 1.82) is 0 Å². The highest BCUT2D eigenvalue weighted by molar-refractivity contribution is 7.89. The van der Waals surface area contributed by atoms with E-state index in [2.05, 4.69) is 4.72 Å². The molecule has 0 aliphatic carbocycles. The summed E-state index contributed by atoms with van der Waals surface area (Å²) in [5, 5.41) is 0.483. The zero-order valence-corrected chi connectivity index (χ0v) is 15.8. The average Bonchev–Trinajstić information content (AvgIpc) is 2.60. The molecule has 1 N–H and O–H groups in total. The number of carbonyl (C=O) groups excluding carboxylic acids is 2. The minimum atomic E-state index is -3.84. The molecular weight excluding hydrogens is 378 g/mol. The van der Waals surface area contributed by atoms with Crippen molar-refractivity contribution in [3.63, 3.8) is 0 Å². The molecule has 1 atom stereocenters. The number of ketones is 1. The first kappa shape index (κ1) is 20.1. The number of nitrogens with one attached hydrogen (secondary N) is 1. The molecule has 0 saturated carbocycles. The predicted octanol–water partition coefficient (Wildman–Crippen LogP) is 2.74. The third kappa shape index (κ3) is 5.39. The Kier molecular flexibility index (Phi) is 6.52. The number of aryl methyl sites for hydroxylation is 1. The van der Waals surface area contributed by atoms with Crippen molar-refractivity contribution in [3.05, 3.63) is 64.7 Å². The molecule has 0 heterocycles. The van der Waals surface area contributed by atoms with Gasteiger partial charge in [0.25, 0.3) is 0 Å². The van der Waals surface area contributed by atoms with E-state index >= 15 is 0 Å². The SMILES string of the molecule is Cc1ccc(S(=O)(=O)NCC(=O)O[C@H](C)C(=O)c2ccc(Cl)cc2)cc1. The van der Waals surface area contributed by atoms with Crippen LogP contribution in [0.15, 0.2) is 53.4 Å². The zero-order chi connectivity index (χ0) is 19.3. The number of ether oxygens (including phenoxy) is 1. The van der Waals surface area contributed by atoms with Gasteiger partial charge in [-0.1, -0.05) is 29.3 Å². The summed E-state index contributed by atoms with van der Waals surface area (Å²) in [6.45, 7) is 2.68. The van der Waals surface area contributed by atoms with Crippen molar-refractivity contribution in [1.82, 2.24) is 4.72 Å². The Labute approximate surface area is 157 Å². The number of halogens is 1. The normalized spacial score (nSPS) is 12.4. The lowest BCUT2D eigenvalue weighted by Gasteiger charge is -2.13. The summed E-state index contributed by atoms with van der Waals surface area (Å²) in [4.78, 5) is 24.1. The van der Waals surface area contributed by atoms with Crippen LogP contribution in [-0.2, 0) is 19.6 Å². The lowest BCUT2D eigenvalue weighted by molar-refractivity contribution is -0.144. The third-order valence-electron chi connectivity index (χ3n) is 3.54. The molecule has 0 unspecified atom stereocenters. The summed E-state index contributed by atoms with van der Waals surface area (Å²) in [5.41, 5.74) is 1.26. The van der Waals surface area contributed by atoms with Crippen LogP contribution in [0.2, 0.25) is 5.02 Å². The Balaban J connectivity index is 1.92. The molecule has 2 rings (SSSR count). The van der Waals surface area contributed by atoms with Crippen molar-refractivity contribution in [2.75, 3.05) is 6.54 Å². The van der Waals surface area contributed by atoms with Crippen LogP contribution in [0.5, 0.6) is 0 Å². The van der Waals surface area contributed by atoms with E-state index in [0.29, 0.717) is 10.6 Å². The minimum Gasteiger partial charge on any atom is -0.453 e. The molecule has 0 fully saturated rings. The number of Topliss-reactive ketones (excluding diaryl/α,β-unsaturated/α-hetero) is 1. The summed E-state index contributed by atoms with van der Waals surface area (Å²) >= 11 is 5.76. The Morgan fingerprint density at radius 2 is 1.65 bits per heavy atom. The fourth-order valence-electron chi connectivity index (χ4n) is 2.10. The van der Waals surface area contributed by atoms with Crippen LogP contribution in [0.1, 0.15) is 22.8 Å². The van der Waals surface area contributed by atoms with Gasteiger partial charge in [-0.15, -0.1) is 0 Å². The monoisotopic (exact) mass is 395 g/mol. The van der Waals surface area contributed by atoms with E-state index in [0.717, 1.165) is 5.56 Å². The molecule has 8 heteroatoms. The first-order valence-corrected chi connectivity index (χ1v) is 9.61. The number of esters is 1. The molecule has 6 nitrogen and oxygen atoms in total. The largest absolute Gasteiger partial charge is 0.453 e.